The lowest BCUT2D eigenvalue weighted by atomic mass is 9.75. The summed E-state index contributed by atoms with van der Waals surface area (Å²) >= 11 is 0. The summed E-state index contributed by atoms with van der Waals surface area (Å²) in [4.78, 5) is 2.52. The van der Waals surface area contributed by atoms with Crippen LogP contribution in [0.5, 0.6) is 0 Å². The lowest BCUT2D eigenvalue weighted by molar-refractivity contribution is 0.222. The molecule has 1 fully saturated rings. The van der Waals surface area contributed by atoms with Crippen LogP contribution in [0.25, 0.3) is 0 Å². The van der Waals surface area contributed by atoms with Gasteiger partial charge in [-0.2, -0.15) is 0 Å². The quantitative estimate of drug-likeness (QED) is 0.857. The van der Waals surface area contributed by atoms with E-state index in [1.54, 1.807) is 0 Å². The lowest BCUT2D eigenvalue weighted by Gasteiger charge is -2.40. The molecule has 0 saturated heterocycles. The predicted molar refractivity (Wildman–Crippen MR) is 93.0 cm³/mol. The minimum atomic E-state index is 0.544. The van der Waals surface area contributed by atoms with Gasteiger partial charge in [-0.3, -0.25) is 0 Å². The number of benzene rings is 1. The summed E-state index contributed by atoms with van der Waals surface area (Å²) in [6.07, 6.45) is 5.34. The Balaban J connectivity index is 2.04. The smallest absolute Gasteiger partial charge is 0.0396 e. The summed E-state index contributed by atoms with van der Waals surface area (Å²) in [5.74, 6) is 0. The molecule has 0 spiro atoms. The Morgan fingerprint density at radius 2 is 1.90 bits per heavy atom. The number of nitrogens with zero attached hydrogens (tertiary/aromatic N) is 1. The van der Waals surface area contributed by atoms with Crippen molar-refractivity contribution >= 4 is 5.69 Å². The molecule has 1 aliphatic rings. The average molecular weight is 288 g/mol. The third-order valence-corrected chi connectivity index (χ3v) is 5.08. The molecule has 0 bridgehead atoms. The fourth-order valence-electron chi connectivity index (χ4n) is 3.46. The molecule has 21 heavy (non-hydrogen) atoms. The van der Waals surface area contributed by atoms with Gasteiger partial charge in [0.25, 0.3) is 0 Å². The highest BCUT2D eigenvalue weighted by Gasteiger charge is 2.29. The number of anilines is 1. The molecule has 2 heteroatoms. The van der Waals surface area contributed by atoms with E-state index in [2.05, 4.69) is 63.2 Å². The van der Waals surface area contributed by atoms with Gasteiger partial charge in [-0.15, -0.1) is 0 Å². The second-order valence-corrected chi connectivity index (χ2v) is 7.41. The Morgan fingerprint density at radius 3 is 2.48 bits per heavy atom. The van der Waals surface area contributed by atoms with Crippen LogP contribution in [0.3, 0.4) is 0 Å². The fourth-order valence-corrected chi connectivity index (χ4v) is 3.46. The number of hydrogen-bond donors (Lipinski definition) is 1. The average Bonchev–Trinajstić information content (AvgIpc) is 2.44. The topological polar surface area (TPSA) is 15.3 Å². The van der Waals surface area contributed by atoms with Crippen LogP contribution in [-0.2, 0) is 6.54 Å². The molecule has 1 aromatic rings. The highest BCUT2D eigenvalue weighted by molar-refractivity contribution is 5.54. The Kier molecular flexibility index (Phi) is 5.32. The van der Waals surface area contributed by atoms with E-state index in [9.17, 15) is 0 Å². The Bertz CT molecular complexity index is 455. The van der Waals surface area contributed by atoms with Crippen molar-refractivity contribution in [3.8, 4) is 0 Å². The van der Waals surface area contributed by atoms with Crippen molar-refractivity contribution < 1.29 is 0 Å². The minimum Gasteiger partial charge on any atom is -0.371 e. The maximum atomic E-state index is 3.40. The zero-order valence-corrected chi connectivity index (χ0v) is 14.5. The van der Waals surface area contributed by atoms with Gasteiger partial charge in [-0.25, -0.2) is 0 Å². The molecule has 0 aromatic heterocycles. The van der Waals surface area contributed by atoms with Gasteiger partial charge in [0.1, 0.15) is 0 Å². The van der Waals surface area contributed by atoms with E-state index < -0.39 is 0 Å². The van der Waals surface area contributed by atoms with Gasteiger partial charge in [-0.05, 0) is 61.8 Å². The van der Waals surface area contributed by atoms with Crippen molar-refractivity contribution in [2.75, 3.05) is 18.5 Å². The van der Waals surface area contributed by atoms with Gasteiger partial charge in [0.2, 0.25) is 0 Å². The zero-order valence-electron chi connectivity index (χ0n) is 14.5. The molecular weight excluding hydrogens is 256 g/mol. The SMILES string of the molecule is CCNCc1ccc(N(C)C2CCC(C)(C)CC2)c(C)c1. The maximum Gasteiger partial charge on any atom is 0.0396 e. The van der Waals surface area contributed by atoms with Crippen LogP contribution >= 0.6 is 0 Å². The largest absolute Gasteiger partial charge is 0.371 e. The number of nitrogens with one attached hydrogen (secondary N) is 1. The third-order valence-electron chi connectivity index (χ3n) is 5.08. The first kappa shape index (κ1) is 16.4. The van der Waals surface area contributed by atoms with Crippen molar-refractivity contribution in [1.82, 2.24) is 5.32 Å². The first-order chi connectivity index (χ1) is 9.93. The zero-order chi connectivity index (χ0) is 15.5. The summed E-state index contributed by atoms with van der Waals surface area (Å²) in [5, 5.41) is 3.40. The van der Waals surface area contributed by atoms with E-state index >= 15 is 0 Å². The summed E-state index contributed by atoms with van der Waals surface area (Å²) in [6.45, 7) is 11.2. The van der Waals surface area contributed by atoms with Gasteiger partial charge in [0.05, 0.1) is 0 Å². The second kappa shape index (κ2) is 6.83. The monoisotopic (exact) mass is 288 g/mol. The minimum absolute atomic E-state index is 0.544. The van der Waals surface area contributed by atoms with Crippen LogP contribution in [0.2, 0.25) is 0 Å². The van der Waals surface area contributed by atoms with Gasteiger partial charge in [0.15, 0.2) is 0 Å². The maximum absolute atomic E-state index is 3.40. The molecule has 2 rings (SSSR count). The molecule has 0 amide bonds. The van der Waals surface area contributed by atoms with Crippen molar-refractivity contribution in [3.63, 3.8) is 0 Å². The Morgan fingerprint density at radius 1 is 1.24 bits per heavy atom. The van der Waals surface area contributed by atoms with Gasteiger partial charge >= 0.3 is 0 Å². The highest BCUT2D eigenvalue weighted by atomic mass is 15.1. The Hall–Kier alpha value is -1.02. The summed E-state index contributed by atoms with van der Waals surface area (Å²) < 4.78 is 0. The van der Waals surface area contributed by atoms with Crippen LogP contribution < -0.4 is 10.2 Å². The first-order valence-corrected chi connectivity index (χ1v) is 8.46. The van der Waals surface area contributed by atoms with Crippen molar-refractivity contribution in [3.05, 3.63) is 29.3 Å². The second-order valence-electron chi connectivity index (χ2n) is 7.41. The van der Waals surface area contributed by atoms with E-state index in [-0.39, 0.29) is 0 Å². The molecule has 1 saturated carbocycles. The molecule has 0 aliphatic heterocycles. The molecule has 0 radical (unpaired) electrons. The molecule has 1 N–H and O–H groups in total. The van der Waals surface area contributed by atoms with Gasteiger partial charge in [-0.1, -0.05) is 32.9 Å². The Labute approximate surface area is 130 Å². The summed E-state index contributed by atoms with van der Waals surface area (Å²) in [6, 6.07) is 7.62. The van der Waals surface area contributed by atoms with Crippen LogP contribution in [0.1, 0.15) is 57.6 Å². The molecule has 1 aromatic carbocycles. The molecule has 0 atom stereocenters. The van der Waals surface area contributed by atoms with Crippen LogP contribution in [0.4, 0.5) is 5.69 Å². The summed E-state index contributed by atoms with van der Waals surface area (Å²) in [7, 11) is 2.27. The summed E-state index contributed by atoms with van der Waals surface area (Å²) in [5.41, 5.74) is 4.73. The fraction of sp³-hybridized carbons (Fsp3) is 0.684. The molecule has 1 aliphatic carbocycles. The number of hydrogen-bond acceptors (Lipinski definition) is 2. The van der Waals surface area contributed by atoms with Crippen LogP contribution in [0.15, 0.2) is 18.2 Å². The van der Waals surface area contributed by atoms with E-state index in [0.717, 1.165) is 13.1 Å². The molecule has 118 valence electrons. The standard InChI is InChI=1S/C19H32N2/c1-6-20-14-16-7-8-18(15(2)13-16)21(5)17-9-11-19(3,4)12-10-17/h7-8,13,17,20H,6,9-12,14H2,1-5H3. The van der Waals surface area contributed by atoms with E-state index in [4.69, 9.17) is 0 Å². The highest BCUT2D eigenvalue weighted by Crippen LogP contribution is 2.38. The number of rotatable bonds is 5. The molecule has 0 heterocycles. The molecular formula is C19H32N2. The van der Waals surface area contributed by atoms with Gasteiger partial charge in [0, 0.05) is 25.3 Å². The van der Waals surface area contributed by atoms with Crippen molar-refractivity contribution in [1.29, 1.82) is 0 Å². The van der Waals surface area contributed by atoms with Crippen molar-refractivity contribution in [2.24, 2.45) is 5.41 Å². The van der Waals surface area contributed by atoms with E-state index in [1.165, 1.54) is 42.5 Å². The molecule has 0 unspecified atom stereocenters. The van der Waals surface area contributed by atoms with Crippen LogP contribution in [-0.4, -0.2) is 19.6 Å². The van der Waals surface area contributed by atoms with E-state index in [1.807, 2.05) is 0 Å². The predicted octanol–water partition coefficient (Wildman–Crippen LogP) is 4.51. The van der Waals surface area contributed by atoms with Crippen LogP contribution in [0, 0.1) is 12.3 Å². The first-order valence-electron chi connectivity index (χ1n) is 8.46. The lowest BCUT2D eigenvalue weighted by Crippen LogP contribution is -2.37. The molecule has 2 nitrogen and oxygen atoms in total. The van der Waals surface area contributed by atoms with Gasteiger partial charge < -0.3 is 10.2 Å². The van der Waals surface area contributed by atoms with E-state index in [0.29, 0.717) is 11.5 Å². The number of aryl methyl sites for hydroxylation is 1. The van der Waals surface area contributed by atoms with Crippen molar-refractivity contribution in [2.45, 2.75) is 66.0 Å². The third kappa shape index (κ3) is 4.23. The normalized spacial score (nSPS) is 18.7.